The second-order valence-corrected chi connectivity index (χ2v) is 4.87. The van der Waals surface area contributed by atoms with Gasteiger partial charge in [-0.2, -0.15) is 13.9 Å². The van der Waals surface area contributed by atoms with Crippen LogP contribution in [0.1, 0.15) is 0 Å². The molecule has 0 bridgehead atoms. The summed E-state index contributed by atoms with van der Waals surface area (Å²) >= 11 is 8.73. The van der Waals surface area contributed by atoms with Crippen molar-refractivity contribution in [2.75, 3.05) is 0 Å². The highest BCUT2D eigenvalue weighted by atomic mass is 32.2. The Labute approximate surface area is 122 Å². The SMILES string of the molecule is NC(=O)NN(OC(N)=S)S(=O)(=O)NC(=S)NOC(N)=O. The molecule has 0 saturated carbocycles. The summed E-state index contributed by atoms with van der Waals surface area (Å²) in [6, 6.07) is -1.31. The van der Waals surface area contributed by atoms with Crippen molar-refractivity contribution in [1.29, 1.82) is 0 Å². The van der Waals surface area contributed by atoms with Crippen LogP contribution in [0.3, 0.4) is 0 Å². The molecule has 0 aromatic carbocycles. The predicted octanol–water partition coefficient (Wildman–Crippen LogP) is -3.23. The molecule has 0 aliphatic heterocycles. The van der Waals surface area contributed by atoms with Crippen LogP contribution in [-0.2, 0) is 19.9 Å². The minimum atomic E-state index is -4.61. The number of thiocarbonyl (C=S) groups is 2. The molecule has 13 nitrogen and oxygen atoms in total. The van der Waals surface area contributed by atoms with Gasteiger partial charge in [0.15, 0.2) is 0 Å². The Morgan fingerprint density at radius 1 is 1.15 bits per heavy atom. The average Bonchev–Trinajstić information content (AvgIpc) is 2.23. The lowest BCUT2D eigenvalue weighted by molar-refractivity contribution is -0.0115. The van der Waals surface area contributed by atoms with Gasteiger partial charge in [-0.05, 0) is 24.4 Å². The summed E-state index contributed by atoms with van der Waals surface area (Å²) in [7, 11) is -4.61. The smallest absolute Gasteiger partial charge is 0.359 e. The summed E-state index contributed by atoms with van der Waals surface area (Å²) in [4.78, 5) is 29.2. The van der Waals surface area contributed by atoms with Crippen molar-refractivity contribution >= 4 is 57.1 Å². The minimum Gasteiger partial charge on any atom is -0.359 e. The number of amides is 3. The lowest BCUT2D eigenvalue weighted by atomic mass is 11.2. The summed E-state index contributed by atoms with van der Waals surface area (Å²) in [5.74, 6) is 0. The fourth-order valence-corrected chi connectivity index (χ4v) is 1.81. The minimum absolute atomic E-state index is 0.198. The van der Waals surface area contributed by atoms with Crippen LogP contribution in [0.25, 0.3) is 0 Å². The quantitative estimate of drug-likeness (QED) is 0.221. The standard InChI is InChI=1S/C4H9N7O6S3/c5-1(12)8-11(17-3(7)18)20(14,15)10-4(19)9-16-2(6)13/h(H2,6,13)(H2,7,18)(H3,5,8,12)(H2,9,10,19). The number of hydroxylamine groups is 1. The lowest BCUT2D eigenvalue weighted by Gasteiger charge is -2.20. The number of nitrogens with zero attached hydrogens (tertiary/aromatic N) is 1. The van der Waals surface area contributed by atoms with Gasteiger partial charge in [0, 0.05) is 0 Å². The van der Waals surface area contributed by atoms with Crippen LogP contribution in [0.2, 0.25) is 0 Å². The summed E-state index contributed by atoms with van der Waals surface area (Å²) in [6.45, 7) is 0. The van der Waals surface area contributed by atoms with Crippen molar-refractivity contribution in [3.8, 4) is 0 Å². The molecule has 16 heteroatoms. The number of hydrogen-bond donors (Lipinski definition) is 6. The van der Waals surface area contributed by atoms with Crippen molar-refractivity contribution in [3.05, 3.63) is 0 Å². The van der Waals surface area contributed by atoms with Gasteiger partial charge in [-0.25, -0.2) is 19.7 Å². The number of carbonyl (C=O) groups is 2. The highest BCUT2D eigenvalue weighted by molar-refractivity contribution is 7.89. The van der Waals surface area contributed by atoms with Gasteiger partial charge in [0.1, 0.15) is 0 Å². The molecule has 0 aliphatic carbocycles. The Hall–Kier alpha value is -2.17. The molecule has 0 atom stereocenters. The Kier molecular flexibility index (Phi) is 6.62. The van der Waals surface area contributed by atoms with Gasteiger partial charge >= 0.3 is 22.3 Å². The van der Waals surface area contributed by atoms with Gasteiger partial charge in [-0.3, -0.25) is 0 Å². The van der Waals surface area contributed by atoms with E-state index in [1.54, 1.807) is 10.2 Å². The summed E-state index contributed by atoms with van der Waals surface area (Å²) < 4.78 is 24.7. The molecular weight excluding hydrogens is 338 g/mol. The van der Waals surface area contributed by atoms with Crippen LogP contribution in [0.5, 0.6) is 0 Å². The van der Waals surface area contributed by atoms with E-state index in [1.807, 2.05) is 0 Å². The fourth-order valence-electron chi connectivity index (χ4n) is 0.580. The van der Waals surface area contributed by atoms with E-state index in [9.17, 15) is 18.0 Å². The number of primary amides is 2. The van der Waals surface area contributed by atoms with Crippen LogP contribution in [0.4, 0.5) is 9.59 Å². The first-order chi connectivity index (χ1) is 9.04. The zero-order valence-electron chi connectivity index (χ0n) is 9.35. The van der Waals surface area contributed by atoms with E-state index in [0.717, 1.165) is 0 Å². The van der Waals surface area contributed by atoms with Crippen LogP contribution in [-0.4, -0.2) is 35.4 Å². The Balaban J connectivity index is 4.85. The van der Waals surface area contributed by atoms with Gasteiger partial charge in [0.2, 0.25) is 5.11 Å². The van der Waals surface area contributed by atoms with Crippen molar-refractivity contribution < 1.29 is 27.7 Å². The molecule has 0 rings (SSSR count). The Bertz CT molecular complexity index is 503. The summed E-state index contributed by atoms with van der Waals surface area (Å²) in [5.41, 5.74) is 17.5. The fraction of sp³-hybridized carbons (Fsp3) is 0. The van der Waals surface area contributed by atoms with E-state index in [4.69, 9.17) is 11.5 Å². The molecule has 9 N–H and O–H groups in total. The van der Waals surface area contributed by atoms with Crippen LogP contribution in [0, 0.1) is 0 Å². The number of urea groups is 1. The van der Waals surface area contributed by atoms with Gasteiger partial charge in [0.05, 0.1) is 4.58 Å². The van der Waals surface area contributed by atoms with E-state index in [1.165, 1.54) is 5.43 Å². The molecule has 20 heavy (non-hydrogen) atoms. The third kappa shape index (κ3) is 7.31. The Morgan fingerprint density at radius 2 is 1.70 bits per heavy atom. The van der Waals surface area contributed by atoms with Crippen molar-refractivity contribution in [3.63, 3.8) is 0 Å². The number of hydrogen-bond acceptors (Lipinski definition) is 8. The molecule has 114 valence electrons. The monoisotopic (exact) mass is 347 g/mol. The maximum atomic E-state index is 11.7. The maximum absolute atomic E-state index is 11.7. The van der Waals surface area contributed by atoms with E-state index in [2.05, 4.69) is 39.8 Å². The normalized spacial score (nSPS) is 10.2. The molecule has 0 aliphatic rings. The van der Waals surface area contributed by atoms with E-state index >= 15 is 0 Å². The molecule has 0 saturated heterocycles. The summed E-state index contributed by atoms with van der Waals surface area (Å²) in [5, 5.41) is -1.47. The molecular formula is C4H9N7O6S3. The highest BCUT2D eigenvalue weighted by Gasteiger charge is 2.27. The zero-order valence-corrected chi connectivity index (χ0v) is 11.8. The number of nitrogens with two attached hydrogens (primary N) is 3. The van der Waals surface area contributed by atoms with Crippen LogP contribution >= 0.6 is 24.4 Å². The van der Waals surface area contributed by atoms with Gasteiger partial charge in [-0.15, -0.1) is 0 Å². The third-order valence-corrected chi connectivity index (χ3v) is 2.51. The molecule has 0 aromatic rings. The molecule has 0 aromatic heterocycles. The van der Waals surface area contributed by atoms with E-state index in [0.29, 0.717) is 0 Å². The topological polar surface area (TPSA) is 204 Å². The molecule has 3 amide bonds. The van der Waals surface area contributed by atoms with Crippen LogP contribution in [0.15, 0.2) is 0 Å². The first-order valence-corrected chi connectivity index (χ1v) is 6.43. The van der Waals surface area contributed by atoms with Crippen LogP contribution < -0.4 is 32.8 Å². The average molecular weight is 347 g/mol. The van der Waals surface area contributed by atoms with E-state index in [-0.39, 0.29) is 4.58 Å². The first-order valence-electron chi connectivity index (χ1n) is 4.17. The predicted molar refractivity (Wildman–Crippen MR) is 70.9 cm³/mol. The summed E-state index contributed by atoms with van der Waals surface area (Å²) in [6.07, 6.45) is -1.28. The van der Waals surface area contributed by atoms with E-state index < -0.39 is 32.6 Å². The second kappa shape index (κ2) is 7.43. The first kappa shape index (κ1) is 17.8. The molecule has 0 fully saturated rings. The lowest BCUT2D eigenvalue weighted by Crippen LogP contribution is -2.56. The number of hydrazine groups is 1. The van der Waals surface area contributed by atoms with Gasteiger partial charge in [-0.1, -0.05) is 0 Å². The Morgan fingerprint density at radius 3 is 2.10 bits per heavy atom. The van der Waals surface area contributed by atoms with Crippen molar-refractivity contribution in [1.82, 2.24) is 20.2 Å². The molecule has 0 radical (unpaired) electrons. The molecule has 0 heterocycles. The van der Waals surface area contributed by atoms with Gasteiger partial charge in [0.25, 0.3) is 5.17 Å². The van der Waals surface area contributed by atoms with Gasteiger partial charge < -0.3 is 26.9 Å². The molecule has 0 spiro atoms. The third-order valence-electron chi connectivity index (χ3n) is 1.06. The number of rotatable bonds is 4. The second-order valence-electron chi connectivity index (χ2n) is 2.57. The largest absolute Gasteiger partial charge is 0.428 e. The number of carbonyl (C=O) groups excluding carboxylic acids is 2. The molecule has 0 unspecified atom stereocenters. The maximum Gasteiger partial charge on any atom is 0.428 e. The number of nitrogens with one attached hydrogen (secondary N) is 3. The van der Waals surface area contributed by atoms with Crippen molar-refractivity contribution in [2.45, 2.75) is 0 Å². The van der Waals surface area contributed by atoms with Crippen molar-refractivity contribution in [2.24, 2.45) is 17.2 Å². The highest BCUT2D eigenvalue weighted by Crippen LogP contribution is 1.95. The zero-order chi connectivity index (χ0) is 15.9.